The van der Waals surface area contributed by atoms with Crippen LogP contribution in [0.3, 0.4) is 0 Å². The molecular formula is C21H25N3O4. The summed E-state index contributed by atoms with van der Waals surface area (Å²) in [6, 6.07) is 7.68. The Morgan fingerprint density at radius 2 is 2.00 bits per heavy atom. The second-order valence-corrected chi connectivity index (χ2v) is 7.64. The van der Waals surface area contributed by atoms with Gasteiger partial charge in [0.15, 0.2) is 0 Å². The zero-order chi connectivity index (χ0) is 19.7. The van der Waals surface area contributed by atoms with Gasteiger partial charge in [-0.05, 0) is 38.3 Å². The van der Waals surface area contributed by atoms with Crippen LogP contribution in [0.15, 0.2) is 28.8 Å². The van der Waals surface area contributed by atoms with E-state index in [-0.39, 0.29) is 18.2 Å². The van der Waals surface area contributed by atoms with E-state index in [2.05, 4.69) is 10.5 Å². The normalized spacial score (nSPS) is 18.2. The van der Waals surface area contributed by atoms with Gasteiger partial charge >= 0.3 is 0 Å². The third-order valence-corrected chi connectivity index (χ3v) is 5.95. The summed E-state index contributed by atoms with van der Waals surface area (Å²) < 4.78 is 10.7. The van der Waals surface area contributed by atoms with Crippen molar-refractivity contribution in [1.82, 2.24) is 15.4 Å². The van der Waals surface area contributed by atoms with Gasteiger partial charge in [0.25, 0.3) is 5.91 Å². The maximum atomic E-state index is 13.0. The van der Waals surface area contributed by atoms with E-state index in [0.29, 0.717) is 44.9 Å². The molecule has 0 atom stereocenters. The van der Waals surface area contributed by atoms with Crippen LogP contribution >= 0.6 is 0 Å². The summed E-state index contributed by atoms with van der Waals surface area (Å²) in [5, 5.41) is 6.90. The van der Waals surface area contributed by atoms with Crippen molar-refractivity contribution in [2.75, 3.05) is 13.2 Å². The van der Waals surface area contributed by atoms with Gasteiger partial charge in [-0.1, -0.05) is 23.4 Å². The minimum Gasteiger partial charge on any atom is -0.381 e. The number of ether oxygens (including phenoxy) is 1. The van der Waals surface area contributed by atoms with Crippen LogP contribution in [0.2, 0.25) is 0 Å². The molecule has 2 aromatic rings. The molecule has 1 aromatic carbocycles. The highest BCUT2D eigenvalue weighted by molar-refractivity contribution is 5.99. The van der Waals surface area contributed by atoms with E-state index in [0.717, 1.165) is 22.4 Å². The first-order chi connectivity index (χ1) is 13.5. The summed E-state index contributed by atoms with van der Waals surface area (Å²) in [5.41, 5.74) is 2.93. The van der Waals surface area contributed by atoms with Crippen molar-refractivity contribution in [3.63, 3.8) is 0 Å². The molecule has 1 N–H and O–H groups in total. The highest BCUT2D eigenvalue weighted by Crippen LogP contribution is 2.38. The lowest BCUT2D eigenvalue weighted by atomic mass is 9.84. The highest BCUT2D eigenvalue weighted by Gasteiger charge is 2.46. The summed E-state index contributed by atoms with van der Waals surface area (Å²) in [6.45, 7) is 5.72. The Morgan fingerprint density at radius 3 is 2.68 bits per heavy atom. The van der Waals surface area contributed by atoms with Crippen molar-refractivity contribution in [2.45, 2.75) is 51.7 Å². The molecule has 4 rings (SSSR count). The number of rotatable bonds is 5. The van der Waals surface area contributed by atoms with Crippen LogP contribution in [-0.4, -0.2) is 40.6 Å². The van der Waals surface area contributed by atoms with Crippen LogP contribution < -0.4 is 5.32 Å². The fourth-order valence-corrected chi connectivity index (χ4v) is 4.23. The molecule has 28 heavy (non-hydrogen) atoms. The zero-order valence-corrected chi connectivity index (χ0v) is 16.3. The Kier molecular flexibility index (Phi) is 4.93. The number of carbonyl (C=O) groups excluding carboxylic acids is 2. The molecule has 7 nitrogen and oxygen atoms in total. The highest BCUT2D eigenvalue weighted by atomic mass is 16.5. The average Bonchev–Trinajstić information content (AvgIpc) is 3.21. The molecule has 2 aliphatic heterocycles. The van der Waals surface area contributed by atoms with Crippen LogP contribution in [0, 0.1) is 13.8 Å². The number of aromatic nitrogens is 1. The van der Waals surface area contributed by atoms with Gasteiger partial charge in [-0.3, -0.25) is 9.59 Å². The first-order valence-corrected chi connectivity index (χ1v) is 9.66. The molecule has 2 aliphatic rings. The molecule has 1 saturated heterocycles. The smallest absolute Gasteiger partial charge is 0.254 e. The van der Waals surface area contributed by atoms with E-state index in [4.69, 9.17) is 9.26 Å². The molecule has 0 spiro atoms. The van der Waals surface area contributed by atoms with Crippen LogP contribution in [0.4, 0.5) is 0 Å². The van der Waals surface area contributed by atoms with Gasteiger partial charge in [0.2, 0.25) is 5.91 Å². The first-order valence-electron chi connectivity index (χ1n) is 9.66. The van der Waals surface area contributed by atoms with E-state index in [1.54, 1.807) is 0 Å². The van der Waals surface area contributed by atoms with Crippen molar-refractivity contribution < 1.29 is 18.8 Å². The number of benzene rings is 1. The summed E-state index contributed by atoms with van der Waals surface area (Å²) >= 11 is 0. The average molecular weight is 383 g/mol. The lowest BCUT2D eigenvalue weighted by molar-refractivity contribution is -0.126. The minimum absolute atomic E-state index is 0.0102. The van der Waals surface area contributed by atoms with E-state index >= 15 is 0 Å². The molecular weight excluding hydrogens is 358 g/mol. The van der Waals surface area contributed by atoms with Crippen molar-refractivity contribution in [1.29, 1.82) is 0 Å². The number of fused-ring (bicyclic) bond motifs is 1. The summed E-state index contributed by atoms with van der Waals surface area (Å²) in [5.74, 6) is 0.644. The van der Waals surface area contributed by atoms with Gasteiger partial charge in [0.1, 0.15) is 5.76 Å². The van der Waals surface area contributed by atoms with Gasteiger partial charge in [0, 0.05) is 37.4 Å². The second kappa shape index (κ2) is 7.39. The lowest BCUT2D eigenvalue weighted by Crippen LogP contribution is -2.54. The van der Waals surface area contributed by atoms with E-state index in [1.165, 1.54) is 0 Å². The lowest BCUT2D eigenvalue weighted by Gasteiger charge is -2.44. The Morgan fingerprint density at radius 1 is 1.25 bits per heavy atom. The molecule has 2 amide bonds. The molecule has 0 aliphatic carbocycles. The topological polar surface area (TPSA) is 84.7 Å². The Labute approximate surface area is 164 Å². The van der Waals surface area contributed by atoms with Crippen LogP contribution in [-0.2, 0) is 22.6 Å². The number of nitrogens with zero attached hydrogens (tertiary/aromatic N) is 2. The van der Waals surface area contributed by atoms with Gasteiger partial charge in [-0.2, -0.15) is 0 Å². The number of carbonyl (C=O) groups is 2. The first kappa shape index (κ1) is 18.7. The maximum absolute atomic E-state index is 13.0. The Balaban J connectivity index is 1.50. The van der Waals surface area contributed by atoms with Crippen LogP contribution in [0.5, 0.6) is 0 Å². The second-order valence-electron chi connectivity index (χ2n) is 7.64. The van der Waals surface area contributed by atoms with Crippen molar-refractivity contribution >= 4 is 11.8 Å². The van der Waals surface area contributed by atoms with Crippen molar-refractivity contribution in [2.24, 2.45) is 0 Å². The number of amides is 2. The molecule has 0 saturated carbocycles. The quantitative estimate of drug-likeness (QED) is 0.858. The molecule has 1 aromatic heterocycles. The predicted octanol–water partition coefficient (Wildman–Crippen LogP) is 2.50. The van der Waals surface area contributed by atoms with Crippen molar-refractivity contribution in [3.05, 3.63) is 52.4 Å². The molecule has 3 heterocycles. The van der Waals surface area contributed by atoms with Crippen LogP contribution in [0.1, 0.15) is 52.2 Å². The molecule has 148 valence electrons. The predicted molar refractivity (Wildman–Crippen MR) is 102 cm³/mol. The standard InChI is InChI=1S/C21H25N3O4/c1-14-18(15(2)28-23-14)12-22-19(25)11-21(7-9-27-10-8-21)24-13-16-5-3-4-6-17(16)20(24)26/h3-6H,7-13H2,1-2H3,(H,22,25). The van der Waals surface area contributed by atoms with Gasteiger partial charge in [0.05, 0.1) is 17.7 Å². The van der Waals surface area contributed by atoms with E-state index < -0.39 is 5.54 Å². The summed E-state index contributed by atoms with van der Waals surface area (Å²) in [7, 11) is 0. The Hall–Kier alpha value is -2.67. The Bertz CT molecular complexity index is 879. The number of aryl methyl sites for hydroxylation is 2. The summed E-state index contributed by atoms with van der Waals surface area (Å²) in [6.07, 6.45) is 1.58. The van der Waals surface area contributed by atoms with Crippen LogP contribution in [0.25, 0.3) is 0 Å². The SMILES string of the molecule is Cc1noc(C)c1CNC(=O)CC1(N2Cc3ccccc3C2=O)CCOCC1. The molecule has 0 bridgehead atoms. The van der Waals surface area contributed by atoms with Gasteiger partial charge in [-0.15, -0.1) is 0 Å². The summed E-state index contributed by atoms with van der Waals surface area (Å²) in [4.78, 5) is 27.8. The number of nitrogens with one attached hydrogen (secondary N) is 1. The number of hydrogen-bond acceptors (Lipinski definition) is 5. The third-order valence-electron chi connectivity index (χ3n) is 5.95. The molecule has 1 fully saturated rings. The van der Waals surface area contributed by atoms with Gasteiger partial charge in [-0.25, -0.2) is 0 Å². The molecule has 7 heteroatoms. The minimum atomic E-state index is -0.517. The fourth-order valence-electron chi connectivity index (χ4n) is 4.23. The van der Waals surface area contributed by atoms with Gasteiger partial charge < -0.3 is 19.5 Å². The fraction of sp³-hybridized carbons (Fsp3) is 0.476. The third kappa shape index (κ3) is 3.30. The monoisotopic (exact) mass is 383 g/mol. The molecule has 0 unspecified atom stereocenters. The largest absolute Gasteiger partial charge is 0.381 e. The zero-order valence-electron chi connectivity index (χ0n) is 16.3. The van der Waals surface area contributed by atoms with E-state index in [9.17, 15) is 9.59 Å². The van der Waals surface area contributed by atoms with E-state index in [1.807, 2.05) is 43.0 Å². The number of hydrogen-bond donors (Lipinski definition) is 1. The van der Waals surface area contributed by atoms with Crippen molar-refractivity contribution in [3.8, 4) is 0 Å². The maximum Gasteiger partial charge on any atom is 0.254 e. The molecule has 0 radical (unpaired) electrons.